The fraction of sp³-hybridized carbons (Fsp3) is 0.826. The fourth-order valence-electron chi connectivity index (χ4n) is 5.60. The Morgan fingerprint density at radius 2 is 1.81 bits per heavy atom. The van der Waals surface area contributed by atoms with Crippen LogP contribution in [-0.4, -0.2) is 64.0 Å². The number of aryl methyl sites for hydroxylation is 1. The van der Waals surface area contributed by atoms with Crippen molar-refractivity contribution in [2.45, 2.75) is 95.6 Å². The molecule has 172 valence electrons. The molecular weight excluding hydrogens is 394 g/mol. The van der Waals surface area contributed by atoms with E-state index in [4.69, 9.17) is 4.52 Å². The van der Waals surface area contributed by atoms with Crippen LogP contribution in [0.4, 0.5) is 0 Å². The van der Waals surface area contributed by atoms with Gasteiger partial charge in [-0.3, -0.25) is 9.59 Å². The lowest BCUT2D eigenvalue weighted by molar-refractivity contribution is -0.132. The monoisotopic (exact) mass is 431 g/mol. The van der Waals surface area contributed by atoms with Crippen LogP contribution in [-0.2, 0) is 21.5 Å². The minimum atomic E-state index is -0.538. The number of aromatic nitrogens is 2. The summed E-state index contributed by atoms with van der Waals surface area (Å²) in [5, 5.41) is 7.34. The SMILES string of the molecule is CC(=O)NC1(c2noc(CCC(=O)N3CCCC3CN3CCCC3)n2)CCCCCC1. The van der Waals surface area contributed by atoms with Gasteiger partial charge in [-0.15, -0.1) is 0 Å². The van der Waals surface area contributed by atoms with E-state index in [2.05, 4.69) is 25.3 Å². The highest BCUT2D eigenvalue weighted by Gasteiger charge is 2.38. The van der Waals surface area contributed by atoms with Crippen molar-refractivity contribution in [1.82, 2.24) is 25.3 Å². The molecule has 3 fully saturated rings. The highest BCUT2D eigenvalue weighted by molar-refractivity contribution is 5.77. The molecule has 8 nitrogen and oxygen atoms in total. The Morgan fingerprint density at radius 3 is 2.52 bits per heavy atom. The number of nitrogens with zero attached hydrogens (tertiary/aromatic N) is 4. The molecular formula is C23H37N5O3. The molecule has 2 amide bonds. The van der Waals surface area contributed by atoms with Crippen LogP contribution in [0.15, 0.2) is 4.52 Å². The Kier molecular flexibility index (Phi) is 7.25. The lowest BCUT2D eigenvalue weighted by Gasteiger charge is -2.30. The summed E-state index contributed by atoms with van der Waals surface area (Å²) in [6, 6.07) is 0.345. The van der Waals surface area contributed by atoms with Gasteiger partial charge in [0, 0.05) is 38.9 Å². The third kappa shape index (κ3) is 5.45. The summed E-state index contributed by atoms with van der Waals surface area (Å²) < 4.78 is 5.52. The van der Waals surface area contributed by atoms with Crippen molar-refractivity contribution in [2.75, 3.05) is 26.2 Å². The predicted molar refractivity (Wildman–Crippen MR) is 116 cm³/mol. The Balaban J connectivity index is 1.35. The van der Waals surface area contributed by atoms with E-state index in [1.165, 1.54) is 25.9 Å². The van der Waals surface area contributed by atoms with Gasteiger partial charge in [-0.1, -0.05) is 30.8 Å². The van der Waals surface area contributed by atoms with Crippen LogP contribution in [0.25, 0.3) is 0 Å². The summed E-state index contributed by atoms with van der Waals surface area (Å²) in [4.78, 5) is 34.0. The van der Waals surface area contributed by atoms with Crippen molar-refractivity contribution in [1.29, 1.82) is 0 Å². The molecule has 2 aliphatic heterocycles. The minimum Gasteiger partial charge on any atom is -0.343 e. The van der Waals surface area contributed by atoms with Crippen molar-refractivity contribution in [3.63, 3.8) is 0 Å². The summed E-state index contributed by atoms with van der Waals surface area (Å²) in [7, 11) is 0. The molecule has 0 radical (unpaired) electrons. The number of hydrogen-bond acceptors (Lipinski definition) is 6. The molecule has 1 aliphatic carbocycles. The first-order valence-electron chi connectivity index (χ1n) is 12.2. The van der Waals surface area contributed by atoms with Crippen LogP contribution >= 0.6 is 0 Å². The maximum Gasteiger partial charge on any atom is 0.227 e. The van der Waals surface area contributed by atoms with E-state index in [1.54, 1.807) is 6.92 Å². The summed E-state index contributed by atoms with van der Waals surface area (Å²) >= 11 is 0. The van der Waals surface area contributed by atoms with Crippen molar-refractivity contribution < 1.29 is 14.1 Å². The zero-order chi connectivity index (χ0) is 21.7. The molecule has 0 aromatic carbocycles. The minimum absolute atomic E-state index is 0.0681. The Labute approximate surface area is 185 Å². The third-order valence-electron chi connectivity index (χ3n) is 7.19. The topological polar surface area (TPSA) is 91.6 Å². The average molecular weight is 432 g/mol. The molecule has 31 heavy (non-hydrogen) atoms. The van der Waals surface area contributed by atoms with Gasteiger partial charge >= 0.3 is 0 Å². The molecule has 0 bridgehead atoms. The smallest absolute Gasteiger partial charge is 0.227 e. The standard InChI is InChI=1S/C23H37N5O3/c1-18(29)25-23(12-4-2-3-5-13-23)22-24-20(31-26-22)10-11-21(30)28-16-8-9-19(28)17-27-14-6-7-15-27/h19H,2-17H2,1H3,(H,25,29). The van der Waals surface area contributed by atoms with Crippen LogP contribution in [0, 0.1) is 0 Å². The first-order valence-corrected chi connectivity index (χ1v) is 12.2. The van der Waals surface area contributed by atoms with Gasteiger partial charge in [-0.2, -0.15) is 4.98 Å². The van der Waals surface area contributed by atoms with E-state index in [1.807, 2.05) is 0 Å². The molecule has 2 saturated heterocycles. The second kappa shape index (κ2) is 10.1. The second-order valence-electron chi connectivity index (χ2n) is 9.58. The van der Waals surface area contributed by atoms with Gasteiger partial charge in [0.1, 0.15) is 5.54 Å². The van der Waals surface area contributed by atoms with E-state index in [-0.39, 0.29) is 11.8 Å². The van der Waals surface area contributed by atoms with E-state index in [9.17, 15) is 9.59 Å². The quantitative estimate of drug-likeness (QED) is 0.668. The largest absolute Gasteiger partial charge is 0.343 e. The number of rotatable bonds is 7. The van der Waals surface area contributed by atoms with Crippen LogP contribution in [0.5, 0.6) is 0 Å². The van der Waals surface area contributed by atoms with Gasteiger partial charge in [0.05, 0.1) is 0 Å². The van der Waals surface area contributed by atoms with Crippen molar-refractivity contribution in [3.05, 3.63) is 11.7 Å². The number of likely N-dealkylation sites (tertiary alicyclic amines) is 2. The van der Waals surface area contributed by atoms with Crippen LogP contribution < -0.4 is 5.32 Å². The van der Waals surface area contributed by atoms with Gasteiger partial charge in [0.2, 0.25) is 17.7 Å². The Bertz CT molecular complexity index is 750. The summed E-state index contributed by atoms with van der Waals surface area (Å²) in [6.45, 7) is 5.74. The lowest BCUT2D eigenvalue weighted by atomic mass is 9.89. The van der Waals surface area contributed by atoms with E-state index >= 15 is 0 Å². The van der Waals surface area contributed by atoms with E-state index in [0.29, 0.717) is 30.6 Å². The molecule has 3 aliphatic rings. The summed E-state index contributed by atoms with van der Waals surface area (Å²) in [5.41, 5.74) is -0.538. The molecule has 1 atom stereocenters. The van der Waals surface area contributed by atoms with Crippen molar-refractivity contribution in [2.24, 2.45) is 0 Å². The van der Waals surface area contributed by atoms with Gasteiger partial charge in [0.25, 0.3) is 0 Å². The number of carbonyl (C=O) groups is 2. The molecule has 1 aromatic rings. The molecule has 3 heterocycles. The second-order valence-corrected chi connectivity index (χ2v) is 9.58. The first-order chi connectivity index (χ1) is 15.1. The van der Waals surface area contributed by atoms with E-state index in [0.717, 1.165) is 64.5 Å². The van der Waals surface area contributed by atoms with Gasteiger partial charge in [-0.05, 0) is 51.6 Å². The van der Waals surface area contributed by atoms with Crippen molar-refractivity contribution >= 4 is 11.8 Å². The Hall–Kier alpha value is -1.96. The summed E-state index contributed by atoms with van der Waals surface area (Å²) in [6.07, 6.45) is 11.7. The number of hydrogen-bond donors (Lipinski definition) is 1. The highest BCUT2D eigenvalue weighted by Crippen LogP contribution is 2.34. The van der Waals surface area contributed by atoms with E-state index < -0.39 is 5.54 Å². The number of nitrogens with one attached hydrogen (secondary N) is 1. The zero-order valence-electron chi connectivity index (χ0n) is 18.9. The average Bonchev–Trinajstić information content (AvgIpc) is 3.48. The van der Waals surface area contributed by atoms with Crippen LogP contribution in [0.1, 0.15) is 89.3 Å². The van der Waals surface area contributed by atoms with Gasteiger partial charge in [0.15, 0.2) is 5.82 Å². The molecule has 1 saturated carbocycles. The zero-order valence-corrected chi connectivity index (χ0v) is 18.9. The highest BCUT2D eigenvalue weighted by atomic mass is 16.5. The lowest BCUT2D eigenvalue weighted by Crippen LogP contribution is -2.45. The van der Waals surface area contributed by atoms with Crippen LogP contribution in [0.2, 0.25) is 0 Å². The molecule has 1 unspecified atom stereocenters. The fourth-order valence-corrected chi connectivity index (χ4v) is 5.60. The van der Waals surface area contributed by atoms with Crippen molar-refractivity contribution in [3.8, 4) is 0 Å². The maximum atomic E-state index is 12.9. The number of amides is 2. The van der Waals surface area contributed by atoms with Gasteiger partial charge < -0.3 is 19.6 Å². The molecule has 0 spiro atoms. The third-order valence-corrected chi connectivity index (χ3v) is 7.19. The molecule has 1 aromatic heterocycles. The number of carbonyl (C=O) groups excluding carboxylic acids is 2. The maximum absolute atomic E-state index is 12.9. The first kappa shape index (κ1) is 22.2. The Morgan fingerprint density at radius 1 is 1.06 bits per heavy atom. The normalized spacial score (nSPS) is 24.3. The molecule has 1 N–H and O–H groups in total. The molecule has 8 heteroatoms. The molecule has 4 rings (SSSR count). The predicted octanol–water partition coefficient (Wildman–Crippen LogP) is 2.77. The summed E-state index contributed by atoms with van der Waals surface area (Å²) in [5.74, 6) is 1.18. The van der Waals surface area contributed by atoms with Gasteiger partial charge in [-0.25, -0.2) is 0 Å². The van der Waals surface area contributed by atoms with Crippen LogP contribution in [0.3, 0.4) is 0 Å².